The van der Waals surface area contributed by atoms with E-state index in [9.17, 15) is 9.59 Å². The summed E-state index contributed by atoms with van der Waals surface area (Å²) in [6, 6.07) is 13.8. The minimum Gasteiger partial charge on any atom is -0.465 e. The van der Waals surface area contributed by atoms with Gasteiger partial charge in [-0.25, -0.2) is 4.79 Å². The molecule has 0 aliphatic rings. The Bertz CT molecular complexity index is 662. The number of nitrogens with one attached hydrogen (secondary N) is 1. The first kappa shape index (κ1) is 16.5. The van der Waals surface area contributed by atoms with Crippen LogP contribution in [0.4, 0.5) is 5.69 Å². The van der Waals surface area contributed by atoms with E-state index in [1.54, 1.807) is 48.5 Å². The van der Waals surface area contributed by atoms with Crippen molar-refractivity contribution in [2.45, 2.75) is 19.8 Å². The third-order valence-corrected chi connectivity index (χ3v) is 3.13. The molecule has 1 amide bonds. The molecular weight excluding hydrogens is 294 g/mol. The second-order valence-corrected chi connectivity index (χ2v) is 4.94. The van der Waals surface area contributed by atoms with E-state index < -0.39 is 0 Å². The lowest BCUT2D eigenvalue weighted by atomic mass is 10.2. The Morgan fingerprint density at radius 2 is 1.52 bits per heavy atom. The van der Waals surface area contributed by atoms with Crippen molar-refractivity contribution in [1.82, 2.24) is 0 Å². The summed E-state index contributed by atoms with van der Waals surface area (Å²) >= 11 is 0. The van der Waals surface area contributed by atoms with Gasteiger partial charge < -0.3 is 14.8 Å². The van der Waals surface area contributed by atoms with Gasteiger partial charge in [0.2, 0.25) is 5.91 Å². The van der Waals surface area contributed by atoms with Crippen LogP contribution in [0.25, 0.3) is 0 Å². The molecule has 5 heteroatoms. The molecule has 2 rings (SSSR count). The summed E-state index contributed by atoms with van der Waals surface area (Å²) in [5.41, 5.74) is 1.20. The van der Waals surface area contributed by atoms with Crippen molar-refractivity contribution in [3.63, 3.8) is 0 Å². The largest absolute Gasteiger partial charge is 0.465 e. The van der Waals surface area contributed by atoms with Gasteiger partial charge in [0.1, 0.15) is 11.5 Å². The number of rotatable bonds is 6. The number of methoxy groups -OCH3 is 1. The van der Waals surface area contributed by atoms with Crippen LogP contribution in [0.3, 0.4) is 0 Å². The molecule has 0 unspecified atom stereocenters. The van der Waals surface area contributed by atoms with Crippen molar-refractivity contribution in [3.05, 3.63) is 54.1 Å². The smallest absolute Gasteiger partial charge is 0.337 e. The monoisotopic (exact) mass is 313 g/mol. The van der Waals surface area contributed by atoms with Crippen LogP contribution in [-0.4, -0.2) is 19.0 Å². The highest BCUT2D eigenvalue weighted by Crippen LogP contribution is 2.23. The Morgan fingerprint density at radius 1 is 0.957 bits per heavy atom. The molecule has 2 aromatic carbocycles. The number of carbonyl (C=O) groups excluding carboxylic acids is 2. The fourth-order valence-electron chi connectivity index (χ4n) is 1.97. The lowest BCUT2D eigenvalue weighted by molar-refractivity contribution is -0.116. The SMILES string of the molecule is CCCC(=O)Nc1ccc(Oc2ccc(C(=O)OC)cc2)cc1. The Kier molecular flexibility index (Phi) is 5.74. The van der Waals surface area contributed by atoms with Gasteiger partial charge in [0.25, 0.3) is 0 Å². The van der Waals surface area contributed by atoms with Crippen LogP contribution < -0.4 is 10.1 Å². The number of hydrogen-bond acceptors (Lipinski definition) is 4. The van der Waals surface area contributed by atoms with Crippen LogP contribution in [0.2, 0.25) is 0 Å². The standard InChI is InChI=1S/C18H19NO4/c1-3-4-17(20)19-14-7-11-16(12-8-14)23-15-9-5-13(6-10-15)18(21)22-2/h5-12H,3-4H2,1-2H3,(H,19,20). The average Bonchev–Trinajstić information content (AvgIpc) is 2.57. The fraction of sp³-hybridized carbons (Fsp3) is 0.222. The Morgan fingerprint density at radius 3 is 2.04 bits per heavy atom. The Hall–Kier alpha value is -2.82. The van der Waals surface area contributed by atoms with Crippen molar-refractivity contribution < 1.29 is 19.1 Å². The summed E-state index contributed by atoms with van der Waals surface area (Å²) in [6.07, 6.45) is 1.32. The zero-order chi connectivity index (χ0) is 16.7. The third kappa shape index (κ3) is 4.85. The van der Waals surface area contributed by atoms with Crippen molar-refractivity contribution in [3.8, 4) is 11.5 Å². The number of ether oxygens (including phenoxy) is 2. The van der Waals surface area contributed by atoms with Crippen molar-refractivity contribution >= 4 is 17.6 Å². The predicted molar refractivity (Wildman–Crippen MR) is 87.8 cm³/mol. The quantitative estimate of drug-likeness (QED) is 0.819. The van der Waals surface area contributed by atoms with Crippen LogP contribution in [0.15, 0.2) is 48.5 Å². The van der Waals surface area contributed by atoms with E-state index in [0.29, 0.717) is 23.5 Å². The van der Waals surface area contributed by atoms with Gasteiger partial charge in [-0.3, -0.25) is 4.79 Å². The van der Waals surface area contributed by atoms with E-state index in [1.165, 1.54) is 7.11 Å². The molecular formula is C18H19NO4. The normalized spacial score (nSPS) is 10.0. The molecule has 0 atom stereocenters. The van der Waals surface area contributed by atoms with Gasteiger partial charge in [0, 0.05) is 12.1 Å². The summed E-state index contributed by atoms with van der Waals surface area (Å²) in [4.78, 5) is 22.9. The van der Waals surface area contributed by atoms with Gasteiger partial charge in [-0.1, -0.05) is 6.92 Å². The third-order valence-electron chi connectivity index (χ3n) is 3.13. The molecule has 0 radical (unpaired) electrons. The zero-order valence-corrected chi connectivity index (χ0v) is 13.2. The number of anilines is 1. The molecule has 1 N–H and O–H groups in total. The Balaban J connectivity index is 1.98. The van der Waals surface area contributed by atoms with Crippen molar-refractivity contribution in [2.75, 3.05) is 12.4 Å². The molecule has 0 spiro atoms. The number of hydrogen-bond donors (Lipinski definition) is 1. The second-order valence-electron chi connectivity index (χ2n) is 4.94. The van der Waals surface area contributed by atoms with E-state index in [4.69, 9.17) is 4.74 Å². The highest BCUT2D eigenvalue weighted by atomic mass is 16.5. The lowest BCUT2D eigenvalue weighted by Gasteiger charge is -2.08. The van der Waals surface area contributed by atoms with E-state index >= 15 is 0 Å². The second kappa shape index (κ2) is 7.98. The predicted octanol–water partition coefficient (Wildman–Crippen LogP) is 4.00. The lowest BCUT2D eigenvalue weighted by Crippen LogP contribution is -2.10. The van der Waals surface area contributed by atoms with Crippen molar-refractivity contribution in [2.24, 2.45) is 0 Å². The number of carbonyl (C=O) groups is 2. The maximum absolute atomic E-state index is 11.5. The summed E-state index contributed by atoms with van der Waals surface area (Å²) < 4.78 is 10.3. The first-order valence-corrected chi connectivity index (χ1v) is 7.38. The number of amides is 1. The minimum absolute atomic E-state index is 0.000401. The van der Waals surface area contributed by atoms with Crippen LogP contribution in [0.5, 0.6) is 11.5 Å². The molecule has 0 aliphatic heterocycles. The van der Waals surface area contributed by atoms with Gasteiger partial charge >= 0.3 is 5.97 Å². The first-order chi connectivity index (χ1) is 11.1. The molecule has 120 valence electrons. The van der Waals surface area contributed by atoms with E-state index in [0.717, 1.165) is 12.1 Å². The molecule has 0 heterocycles. The molecule has 5 nitrogen and oxygen atoms in total. The van der Waals surface area contributed by atoms with Gasteiger partial charge in [-0.2, -0.15) is 0 Å². The maximum Gasteiger partial charge on any atom is 0.337 e. The fourth-order valence-corrected chi connectivity index (χ4v) is 1.97. The van der Waals surface area contributed by atoms with Crippen LogP contribution in [-0.2, 0) is 9.53 Å². The van der Waals surface area contributed by atoms with Crippen LogP contribution in [0.1, 0.15) is 30.1 Å². The topological polar surface area (TPSA) is 64.6 Å². The van der Waals surface area contributed by atoms with Gasteiger partial charge in [-0.05, 0) is 55.0 Å². The minimum atomic E-state index is -0.385. The molecule has 0 saturated carbocycles. The molecule has 0 aromatic heterocycles. The van der Waals surface area contributed by atoms with Gasteiger partial charge in [0.15, 0.2) is 0 Å². The number of benzene rings is 2. The van der Waals surface area contributed by atoms with Crippen molar-refractivity contribution in [1.29, 1.82) is 0 Å². The zero-order valence-electron chi connectivity index (χ0n) is 13.2. The summed E-state index contributed by atoms with van der Waals surface area (Å²) in [5, 5.41) is 2.81. The van der Waals surface area contributed by atoms with E-state index in [2.05, 4.69) is 10.1 Å². The maximum atomic E-state index is 11.5. The van der Waals surface area contributed by atoms with Crippen LogP contribution in [0, 0.1) is 0 Å². The molecule has 0 aliphatic carbocycles. The molecule has 0 saturated heterocycles. The van der Waals surface area contributed by atoms with Gasteiger partial charge in [-0.15, -0.1) is 0 Å². The molecule has 0 fully saturated rings. The first-order valence-electron chi connectivity index (χ1n) is 7.38. The molecule has 2 aromatic rings. The summed E-state index contributed by atoms with van der Waals surface area (Å²) in [6.45, 7) is 1.96. The highest BCUT2D eigenvalue weighted by Gasteiger charge is 2.05. The molecule has 23 heavy (non-hydrogen) atoms. The molecule has 0 bridgehead atoms. The van der Waals surface area contributed by atoms with E-state index in [-0.39, 0.29) is 11.9 Å². The summed E-state index contributed by atoms with van der Waals surface area (Å²) in [5.74, 6) is 0.869. The average molecular weight is 313 g/mol. The number of esters is 1. The van der Waals surface area contributed by atoms with Crippen LogP contribution >= 0.6 is 0 Å². The van der Waals surface area contributed by atoms with Gasteiger partial charge in [0.05, 0.1) is 12.7 Å². The van der Waals surface area contributed by atoms with E-state index in [1.807, 2.05) is 6.92 Å². The highest BCUT2D eigenvalue weighted by molar-refractivity contribution is 5.90. The Labute approximate surface area is 135 Å². The summed E-state index contributed by atoms with van der Waals surface area (Å²) in [7, 11) is 1.34.